The van der Waals surface area contributed by atoms with Gasteiger partial charge < -0.3 is 10.6 Å². The summed E-state index contributed by atoms with van der Waals surface area (Å²) in [4.78, 5) is 21.8. The van der Waals surface area contributed by atoms with Crippen molar-refractivity contribution in [1.29, 1.82) is 0 Å². The lowest BCUT2D eigenvalue weighted by molar-refractivity contribution is -0.117. The Morgan fingerprint density at radius 2 is 1.87 bits per heavy atom. The molecule has 0 radical (unpaired) electrons. The standard InChI is InChI=1S/C11H18N2O2/c1-4-9(13-11(15)6-3)7-8-12-10(14)5-2/h5-6,9H,2-4,7-8H2,1H3,(H,12,14)(H,13,15). The normalized spacial score (nSPS) is 11.3. The van der Waals surface area contributed by atoms with Crippen molar-refractivity contribution in [2.45, 2.75) is 25.8 Å². The van der Waals surface area contributed by atoms with Crippen LogP contribution in [-0.4, -0.2) is 24.4 Å². The lowest BCUT2D eigenvalue weighted by Crippen LogP contribution is -2.36. The Bertz CT molecular complexity index is 249. The molecule has 0 fully saturated rings. The fourth-order valence-corrected chi connectivity index (χ4v) is 1.08. The van der Waals surface area contributed by atoms with E-state index in [0.717, 1.165) is 6.42 Å². The first-order valence-electron chi connectivity index (χ1n) is 4.97. The van der Waals surface area contributed by atoms with Crippen LogP contribution in [-0.2, 0) is 9.59 Å². The molecule has 4 heteroatoms. The molecule has 0 aliphatic heterocycles. The Hall–Kier alpha value is -1.58. The summed E-state index contributed by atoms with van der Waals surface area (Å²) in [6.07, 6.45) is 3.99. The Morgan fingerprint density at radius 1 is 1.27 bits per heavy atom. The second-order valence-electron chi connectivity index (χ2n) is 3.10. The van der Waals surface area contributed by atoms with Gasteiger partial charge in [0.25, 0.3) is 0 Å². The fourth-order valence-electron chi connectivity index (χ4n) is 1.08. The predicted molar refractivity (Wildman–Crippen MR) is 60.2 cm³/mol. The average Bonchev–Trinajstić information content (AvgIpc) is 2.26. The quantitative estimate of drug-likeness (QED) is 0.609. The van der Waals surface area contributed by atoms with E-state index in [2.05, 4.69) is 23.8 Å². The van der Waals surface area contributed by atoms with E-state index in [-0.39, 0.29) is 17.9 Å². The predicted octanol–water partition coefficient (Wildman–Crippen LogP) is 0.759. The molecule has 0 aliphatic rings. The lowest BCUT2D eigenvalue weighted by atomic mass is 10.1. The highest BCUT2D eigenvalue weighted by atomic mass is 16.2. The number of amides is 2. The van der Waals surface area contributed by atoms with Crippen LogP contribution in [0.4, 0.5) is 0 Å². The molecule has 1 atom stereocenters. The van der Waals surface area contributed by atoms with Gasteiger partial charge in [-0.1, -0.05) is 20.1 Å². The molecule has 0 spiro atoms. The van der Waals surface area contributed by atoms with E-state index in [1.165, 1.54) is 12.2 Å². The lowest BCUT2D eigenvalue weighted by Gasteiger charge is -2.15. The summed E-state index contributed by atoms with van der Waals surface area (Å²) >= 11 is 0. The molecule has 1 unspecified atom stereocenters. The van der Waals surface area contributed by atoms with Crippen molar-refractivity contribution in [2.75, 3.05) is 6.54 Å². The van der Waals surface area contributed by atoms with Crippen LogP contribution in [0.3, 0.4) is 0 Å². The molecule has 2 N–H and O–H groups in total. The summed E-state index contributed by atoms with van der Waals surface area (Å²) in [6, 6.07) is 0.0700. The summed E-state index contributed by atoms with van der Waals surface area (Å²) in [5, 5.41) is 5.43. The minimum atomic E-state index is -0.195. The summed E-state index contributed by atoms with van der Waals surface area (Å²) in [5.41, 5.74) is 0. The molecule has 15 heavy (non-hydrogen) atoms. The molecule has 4 nitrogen and oxygen atoms in total. The maximum Gasteiger partial charge on any atom is 0.243 e. The van der Waals surface area contributed by atoms with Gasteiger partial charge in [-0.05, 0) is 25.0 Å². The van der Waals surface area contributed by atoms with Crippen LogP contribution in [0.2, 0.25) is 0 Å². The van der Waals surface area contributed by atoms with Gasteiger partial charge >= 0.3 is 0 Å². The van der Waals surface area contributed by atoms with E-state index in [1.54, 1.807) is 0 Å². The molecule has 0 aromatic heterocycles. The molecular formula is C11H18N2O2. The minimum absolute atomic E-state index is 0.0700. The third kappa shape index (κ3) is 6.49. The summed E-state index contributed by atoms with van der Waals surface area (Å²) in [6.45, 7) is 9.22. The van der Waals surface area contributed by atoms with E-state index in [9.17, 15) is 9.59 Å². The number of rotatable bonds is 7. The summed E-state index contributed by atoms with van der Waals surface area (Å²) in [5.74, 6) is -0.378. The number of nitrogens with one attached hydrogen (secondary N) is 2. The zero-order valence-corrected chi connectivity index (χ0v) is 9.08. The maximum atomic E-state index is 11.0. The van der Waals surface area contributed by atoms with E-state index < -0.39 is 0 Å². The molecule has 0 aliphatic carbocycles. The molecule has 0 rings (SSSR count). The second kappa shape index (κ2) is 7.79. The molecule has 2 amide bonds. The number of hydrogen-bond donors (Lipinski definition) is 2. The van der Waals surface area contributed by atoms with Gasteiger partial charge in [-0.3, -0.25) is 9.59 Å². The highest BCUT2D eigenvalue weighted by Gasteiger charge is 2.07. The number of carbonyl (C=O) groups is 2. The third-order valence-electron chi connectivity index (χ3n) is 2.00. The van der Waals surface area contributed by atoms with Crippen molar-refractivity contribution in [3.63, 3.8) is 0 Å². The van der Waals surface area contributed by atoms with E-state index >= 15 is 0 Å². The van der Waals surface area contributed by atoms with Gasteiger partial charge in [0, 0.05) is 12.6 Å². The van der Waals surface area contributed by atoms with Crippen LogP contribution in [0.15, 0.2) is 25.3 Å². The first kappa shape index (κ1) is 13.4. The minimum Gasteiger partial charge on any atom is -0.352 e. The van der Waals surface area contributed by atoms with Crippen LogP contribution < -0.4 is 10.6 Å². The molecule has 0 heterocycles. The van der Waals surface area contributed by atoms with Gasteiger partial charge in [-0.15, -0.1) is 0 Å². The molecule has 0 saturated carbocycles. The largest absolute Gasteiger partial charge is 0.352 e. The Kier molecular flexibility index (Phi) is 6.97. The van der Waals surface area contributed by atoms with E-state index in [0.29, 0.717) is 13.0 Å². The highest BCUT2D eigenvalue weighted by molar-refractivity contribution is 5.87. The Morgan fingerprint density at radius 3 is 2.33 bits per heavy atom. The first-order chi connectivity index (χ1) is 7.13. The maximum absolute atomic E-state index is 11.0. The van der Waals surface area contributed by atoms with Gasteiger partial charge in [-0.2, -0.15) is 0 Å². The smallest absolute Gasteiger partial charge is 0.243 e. The van der Waals surface area contributed by atoms with Crippen molar-refractivity contribution >= 4 is 11.8 Å². The van der Waals surface area contributed by atoms with Crippen molar-refractivity contribution in [1.82, 2.24) is 10.6 Å². The van der Waals surface area contributed by atoms with Crippen molar-refractivity contribution < 1.29 is 9.59 Å². The SMILES string of the molecule is C=CC(=O)NCCC(CC)NC(=O)C=C. The zero-order valence-electron chi connectivity index (χ0n) is 9.08. The first-order valence-corrected chi connectivity index (χ1v) is 4.97. The van der Waals surface area contributed by atoms with Gasteiger partial charge in [0.05, 0.1) is 0 Å². The van der Waals surface area contributed by atoms with Crippen LogP contribution in [0, 0.1) is 0 Å². The van der Waals surface area contributed by atoms with Crippen LogP contribution in [0.25, 0.3) is 0 Å². The monoisotopic (exact) mass is 210 g/mol. The molecule has 0 aromatic rings. The molecule has 0 bridgehead atoms. The number of hydrogen-bond acceptors (Lipinski definition) is 2. The van der Waals surface area contributed by atoms with E-state index in [4.69, 9.17) is 0 Å². The van der Waals surface area contributed by atoms with Gasteiger partial charge in [-0.25, -0.2) is 0 Å². The van der Waals surface area contributed by atoms with Gasteiger partial charge in [0.15, 0.2) is 0 Å². The highest BCUT2D eigenvalue weighted by Crippen LogP contribution is 1.96. The third-order valence-corrected chi connectivity index (χ3v) is 2.00. The topological polar surface area (TPSA) is 58.2 Å². The van der Waals surface area contributed by atoms with Gasteiger partial charge in [0.1, 0.15) is 0 Å². The fraction of sp³-hybridized carbons (Fsp3) is 0.455. The average molecular weight is 210 g/mol. The molecular weight excluding hydrogens is 192 g/mol. The second-order valence-corrected chi connectivity index (χ2v) is 3.10. The van der Waals surface area contributed by atoms with Crippen molar-refractivity contribution in [3.8, 4) is 0 Å². The van der Waals surface area contributed by atoms with E-state index in [1.807, 2.05) is 6.92 Å². The Labute approximate surface area is 90.4 Å². The van der Waals surface area contributed by atoms with Crippen LogP contribution >= 0.6 is 0 Å². The van der Waals surface area contributed by atoms with Crippen LogP contribution in [0.1, 0.15) is 19.8 Å². The summed E-state index contributed by atoms with van der Waals surface area (Å²) < 4.78 is 0. The van der Waals surface area contributed by atoms with Crippen molar-refractivity contribution in [2.24, 2.45) is 0 Å². The molecule has 0 aromatic carbocycles. The molecule has 0 saturated heterocycles. The number of carbonyl (C=O) groups excluding carboxylic acids is 2. The van der Waals surface area contributed by atoms with Crippen molar-refractivity contribution in [3.05, 3.63) is 25.3 Å². The summed E-state index contributed by atoms with van der Waals surface area (Å²) in [7, 11) is 0. The van der Waals surface area contributed by atoms with Gasteiger partial charge in [0.2, 0.25) is 11.8 Å². The Balaban J connectivity index is 3.79. The zero-order chi connectivity index (χ0) is 11.7. The van der Waals surface area contributed by atoms with Crippen LogP contribution in [0.5, 0.6) is 0 Å². The molecule has 84 valence electrons.